The number of anilines is 2. The zero-order chi connectivity index (χ0) is 13.9. The Kier molecular flexibility index (Phi) is 3.91. The van der Waals surface area contributed by atoms with Gasteiger partial charge in [0.25, 0.3) is 0 Å². The van der Waals surface area contributed by atoms with Gasteiger partial charge >= 0.3 is 0 Å². The quantitative estimate of drug-likeness (QED) is 0.584. The summed E-state index contributed by atoms with van der Waals surface area (Å²) >= 11 is 0. The number of hydrogen-bond donors (Lipinski definition) is 4. The zero-order valence-electron chi connectivity index (χ0n) is 10.2. The van der Waals surface area contributed by atoms with E-state index in [0.717, 1.165) is 11.4 Å². The highest BCUT2D eigenvalue weighted by atomic mass is 32.2. The van der Waals surface area contributed by atoms with Gasteiger partial charge in [0.1, 0.15) is 6.04 Å². The Morgan fingerprint density at radius 2 is 2.05 bits per heavy atom. The molecule has 19 heavy (non-hydrogen) atoms. The summed E-state index contributed by atoms with van der Waals surface area (Å²) in [6.07, 6.45) is 0. The highest BCUT2D eigenvalue weighted by Crippen LogP contribution is 2.24. The van der Waals surface area contributed by atoms with E-state index in [4.69, 9.17) is 5.14 Å². The van der Waals surface area contributed by atoms with Gasteiger partial charge in [-0.1, -0.05) is 12.1 Å². The molecule has 7 nitrogen and oxygen atoms in total. The maximum atomic E-state index is 11.8. The Labute approximate surface area is 111 Å². The molecule has 5 N–H and O–H groups in total. The molecule has 1 aliphatic heterocycles. The average Bonchev–Trinajstić information content (AvgIpc) is 2.36. The lowest BCUT2D eigenvalue weighted by Crippen LogP contribution is -2.47. The predicted octanol–water partition coefficient (Wildman–Crippen LogP) is -0.703. The van der Waals surface area contributed by atoms with Crippen molar-refractivity contribution in [3.63, 3.8) is 0 Å². The van der Waals surface area contributed by atoms with Crippen LogP contribution in [-0.2, 0) is 14.8 Å². The number of nitrogens with two attached hydrogens (primary N) is 1. The standard InChI is InChI=1S/C11H16N4O3S/c12-19(17,18)6-5-13-11(16)10-7-14-8-3-1-2-4-9(8)15-10/h1-4,10,14-15H,5-7H2,(H,13,16)(H2,12,17,18). The molecule has 0 aliphatic carbocycles. The lowest BCUT2D eigenvalue weighted by Gasteiger charge is -2.27. The first-order chi connectivity index (χ1) is 8.96. The molecule has 0 saturated heterocycles. The Bertz CT molecular complexity index is 573. The van der Waals surface area contributed by atoms with E-state index in [1.54, 1.807) is 0 Å². The van der Waals surface area contributed by atoms with Crippen molar-refractivity contribution in [2.45, 2.75) is 6.04 Å². The van der Waals surface area contributed by atoms with E-state index in [-0.39, 0.29) is 18.2 Å². The molecule has 1 heterocycles. The minimum atomic E-state index is -3.55. The number of nitrogens with one attached hydrogen (secondary N) is 3. The predicted molar refractivity (Wildman–Crippen MR) is 73.3 cm³/mol. The van der Waals surface area contributed by atoms with Gasteiger partial charge < -0.3 is 16.0 Å². The third-order valence-electron chi connectivity index (χ3n) is 2.76. The van der Waals surface area contributed by atoms with E-state index in [0.29, 0.717) is 6.54 Å². The van der Waals surface area contributed by atoms with Gasteiger partial charge in [-0.15, -0.1) is 0 Å². The van der Waals surface area contributed by atoms with Crippen molar-refractivity contribution in [2.24, 2.45) is 5.14 Å². The van der Waals surface area contributed by atoms with Gasteiger partial charge in [0.05, 0.1) is 17.1 Å². The zero-order valence-corrected chi connectivity index (χ0v) is 11.0. The topological polar surface area (TPSA) is 113 Å². The van der Waals surface area contributed by atoms with Gasteiger partial charge in [-0.3, -0.25) is 4.79 Å². The van der Waals surface area contributed by atoms with Gasteiger partial charge in [0.2, 0.25) is 15.9 Å². The molecule has 8 heteroatoms. The van der Waals surface area contributed by atoms with Gasteiger partial charge in [0, 0.05) is 13.1 Å². The Hall–Kier alpha value is -1.80. The van der Waals surface area contributed by atoms with Gasteiger partial charge in [-0.25, -0.2) is 13.6 Å². The summed E-state index contributed by atoms with van der Waals surface area (Å²) in [6.45, 7) is 0.454. The number of primary sulfonamides is 1. The van der Waals surface area contributed by atoms with Crippen molar-refractivity contribution in [1.29, 1.82) is 0 Å². The van der Waals surface area contributed by atoms with E-state index in [1.165, 1.54) is 0 Å². The molecule has 1 aromatic rings. The number of benzene rings is 1. The van der Waals surface area contributed by atoms with Crippen LogP contribution in [0.15, 0.2) is 24.3 Å². The number of para-hydroxylation sites is 2. The fraction of sp³-hybridized carbons (Fsp3) is 0.364. The summed E-state index contributed by atoms with van der Waals surface area (Å²) in [7, 11) is -3.55. The molecule has 1 amide bonds. The van der Waals surface area contributed by atoms with Crippen molar-refractivity contribution < 1.29 is 13.2 Å². The van der Waals surface area contributed by atoms with Crippen LogP contribution < -0.4 is 21.1 Å². The van der Waals surface area contributed by atoms with Crippen molar-refractivity contribution >= 4 is 27.3 Å². The van der Waals surface area contributed by atoms with E-state index in [2.05, 4.69) is 16.0 Å². The number of fused-ring (bicyclic) bond motifs is 1. The van der Waals surface area contributed by atoms with Crippen molar-refractivity contribution in [3.05, 3.63) is 24.3 Å². The molecule has 104 valence electrons. The Morgan fingerprint density at radius 1 is 1.37 bits per heavy atom. The number of hydrogen-bond acceptors (Lipinski definition) is 5. The largest absolute Gasteiger partial charge is 0.381 e. The van der Waals surface area contributed by atoms with Crippen molar-refractivity contribution in [3.8, 4) is 0 Å². The van der Waals surface area contributed by atoms with Crippen LogP contribution in [0, 0.1) is 0 Å². The fourth-order valence-corrected chi connectivity index (χ4v) is 2.20. The van der Waals surface area contributed by atoms with Crippen LogP contribution in [0.5, 0.6) is 0 Å². The minimum Gasteiger partial charge on any atom is -0.381 e. The summed E-state index contributed by atoms with van der Waals surface area (Å²) < 4.78 is 21.5. The Morgan fingerprint density at radius 3 is 2.74 bits per heavy atom. The van der Waals surface area contributed by atoms with Gasteiger partial charge in [-0.05, 0) is 12.1 Å². The van der Waals surface area contributed by atoms with Crippen LogP contribution in [-0.4, -0.2) is 39.2 Å². The number of sulfonamides is 1. The van der Waals surface area contributed by atoms with Gasteiger partial charge in [-0.2, -0.15) is 0 Å². The molecule has 1 aliphatic rings. The first-order valence-corrected chi connectivity index (χ1v) is 7.55. The lowest BCUT2D eigenvalue weighted by atomic mass is 10.1. The molecular formula is C11H16N4O3S. The average molecular weight is 284 g/mol. The summed E-state index contributed by atoms with van der Waals surface area (Å²) in [6, 6.07) is 7.12. The van der Waals surface area contributed by atoms with Gasteiger partial charge in [0.15, 0.2) is 0 Å². The van der Waals surface area contributed by atoms with Crippen LogP contribution in [0.3, 0.4) is 0 Å². The molecule has 1 aromatic carbocycles. The SMILES string of the molecule is NS(=O)(=O)CCNC(=O)C1CNc2ccccc2N1. The highest BCUT2D eigenvalue weighted by Gasteiger charge is 2.23. The summed E-state index contributed by atoms with van der Waals surface area (Å²) in [5.41, 5.74) is 1.79. The third-order valence-corrected chi connectivity index (χ3v) is 3.53. The highest BCUT2D eigenvalue weighted by molar-refractivity contribution is 7.89. The fourth-order valence-electron chi connectivity index (χ4n) is 1.81. The smallest absolute Gasteiger partial charge is 0.244 e. The normalized spacial score (nSPS) is 17.8. The van der Waals surface area contributed by atoms with E-state index in [1.807, 2.05) is 24.3 Å². The molecule has 2 rings (SSSR count). The monoisotopic (exact) mass is 284 g/mol. The second-order valence-corrected chi connectivity index (χ2v) is 6.02. The molecular weight excluding hydrogens is 268 g/mol. The van der Waals surface area contributed by atoms with Crippen molar-refractivity contribution in [2.75, 3.05) is 29.5 Å². The number of amides is 1. The van der Waals surface area contributed by atoms with Crippen LogP contribution in [0.25, 0.3) is 0 Å². The molecule has 0 fully saturated rings. The first kappa shape index (κ1) is 13.6. The number of rotatable bonds is 4. The van der Waals surface area contributed by atoms with Crippen LogP contribution in [0.1, 0.15) is 0 Å². The molecule has 1 unspecified atom stereocenters. The van der Waals surface area contributed by atoms with Crippen molar-refractivity contribution in [1.82, 2.24) is 5.32 Å². The summed E-state index contributed by atoms with van der Waals surface area (Å²) in [5.74, 6) is -0.527. The Balaban J connectivity index is 1.89. The number of carbonyl (C=O) groups is 1. The third kappa shape index (κ3) is 3.83. The second-order valence-electron chi connectivity index (χ2n) is 4.28. The molecule has 0 bridgehead atoms. The maximum Gasteiger partial charge on any atom is 0.244 e. The summed E-state index contributed by atoms with van der Waals surface area (Å²) in [5, 5.41) is 13.6. The lowest BCUT2D eigenvalue weighted by molar-refractivity contribution is -0.121. The van der Waals surface area contributed by atoms with E-state index < -0.39 is 16.1 Å². The molecule has 0 spiro atoms. The van der Waals surface area contributed by atoms with Crippen LogP contribution in [0.2, 0.25) is 0 Å². The van der Waals surface area contributed by atoms with E-state index >= 15 is 0 Å². The van der Waals surface area contributed by atoms with E-state index in [9.17, 15) is 13.2 Å². The molecule has 0 aromatic heterocycles. The maximum absolute atomic E-state index is 11.8. The molecule has 0 radical (unpaired) electrons. The van der Waals surface area contributed by atoms with Crippen LogP contribution >= 0.6 is 0 Å². The molecule has 0 saturated carbocycles. The first-order valence-electron chi connectivity index (χ1n) is 5.83. The molecule has 1 atom stereocenters. The number of carbonyl (C=O) groups excluding carboxylic acids is 1. The van der Waals surface area contributed by atoms with Crippen LogP contribution in [0.4, 0.5) is 11.4 Å². The minimum absolute atomic E-state index is 0.0114. The second kappa shape index (κ2) is 5.45. The summed E-state index contributed by atoms with van der Waals surface area (Å²) in [4.78, 5) is 11.8.